The largest absolute Gasteiger partial charge is 0.416 e. The molecule has 6 nitrogen and oxygen atoms in total. The number of carbonyl (C=O) groups is 2. The van der Waals surface area contributed by atoms with E-state index in [1.165, 1.54) is 11.1 Å². The Labute approximate surface area is 191 Å². The zero-order valence-electron chi connectivity index (χ0n) is 16.9. The van der Waals surface area contributed by atoms with Crippen LogP contribution in [0.2, 0.25) is 5.02 Å². The van der Waals surface area contributed by atoms with Crippen molar-refractivity contribution in [2.75, 3.05) is 16.8 Å². The summed E-state index contributed by atoms with van der Waals surface area (Å²) in [6.07, 6.45) is -3.09. The molecule has 1 N–H and O–H groups in total. The zero-order chi connectivity index (χ0) is 23.6. The lowest BCUT2D eigenvalue weighted by Gasteiger charge is -2.20. The number of alkyl halides is 3. The van der Waals surface area contributed by atoms with Crippen LogP contribution in [0.3, 0.4) is 0 Å². The first-order valence-electron chi connectivity index (χ1n) is 9.77. The molecule has 10 heteroatoms. The van der Waals surface area contributed by atoms with Crippen molar-refractivity contribution >= 4 is 46.3 Å². The van der Waals surface area contributed by atoms with Gasteiger partial charge in [-0.15, -0.1) is 0 Å². The number of nitrogens with one attached hydrogen (secondary N) is 1. The maximum Gasteiger partial charge on any atom is 0.416 e. The Hall–Kier alpha value is -3.72. The average Bonchev–Trinajstić information content (AvgIpc) is 2.90. The molecule has 0 atom stereocenters. The maximum atomic E-state index is 13.1. The molecule has 0 fully saturated rings. The van der Waals surface area contributed by atoms with Crippen LogP contribution in [0.25, 0.3) is 0 Å². The summed E-state index contributed by atoms with van der Waals surface area (Å²) in [6, 6.07) is 14.3. The molecule has 2 heterocycles. The molecule has 1 aliphatic heterocycles. The van der Waals surface area contributed by atoms with Crippen LogP contribution in [-0.4, -0.2) is 29.1 Å². The van der Waals surface area contributed by atoms with Gasteiger partial charge in [-0.2, -0.15) is 13.2 Å². The molecule has 4 rings (SSSR count). The Balaban J connectivity index is 1.55. The number of rotatable bonds is 4. The number of aliphatic imine (C=N–C) groups is 1. The molecule has 0 saturated carbocycles. The maximum absolute atomic E-state index is 13.1. The topological polar surface area (TPSA) is 74.7 Å². The van der Waals surface area contributed by atoms with Crippen molar-refractivity contribution in [1.82, 2.24) is 4.98 Å². The summed E-state index contributed by atoms with van der Waals surface area (Å²) in [6.45, 7) is -0.387. The first-order chi connectivity index (χ1) is 15.7. The van der Waals surface area contributed by atoms with Gasteiger partial charge in [0.15, 0.2) is 5.82 Å². The number of benzene rings is 2. The molecule has 168 valence electrons. The second-order valence-electron chi connectivity index (χ2n) is 7.19. The standard InChI is InChI=1S/C23H16ClF3N4O2/c24-16-4-1-3-14(11-16)19-12-21(33)31(22-18(30-19)5-2-10-28-22)13-20(32)29-17-8-6-15(7-9-17)23(25,26)27/h1-11H,12-13H2,(H,29,32). The summed E-state index contributed by atoms with van der Waals surface area (Å²) in [4.78, 5) is 35.7. The lowest BCUT2D eigenvalue weighted by Crippen LogP contribution is -2.39. The fourth-order valence-electron chi connectivity index (χ4n) is 3.31. The highest BCUT2D eigenvalue weighted by molar-refractivity contribution is 6.31. The van der Waals surface area contributed by atoms with Gasteiger partial charge in [0.1, 0.15) is 12.2 Å². The van der Waals surface area contributed by atoms with E-state index in [1.807, 2.05) is 0 Å². The van der Waals surface area contributed by atoms with E-state index in [-0.39, 0.29) is 24.5 Å². The van der Waals surface area contributed by atoms with Crippen LogP contribution in [0.5, 0.6) is 0 Å². The fourth-order valence-corrected chi connectivity index (χ4v) is 3.50. The lowest BCUT2D eigenvalue weighted by molar-refractivity contribution is -0.137. The third kappa shape index (κ3) is 5.20. The van der Waals surface area contributed by atoms with Gasteiger partial charge in [0, 0.05) is 16.9 Å². The van der Waals surface area contributed by atoms with E-state index in [2.05, 4.69) is 15.3 Å². The Morgan fingerprint density at radius 1 is 1.09 bits per heavy atom. The van der Waals surface area contributed by atoms with Crippen molar-refractivity contribution in [3.8, 4) is 0 Å². The van der Waals surface area contributed by atoms with Gasteiger partial charge in [-0.1, -0.05) is 23.7 Å². The predicted octanol–water partition coefficient (Wildman–Crippen LogP) is 5.25. The van der Waals surface area contributed by atoms with Gasteiger partial charge in [-0.05, 0) is 54.1 Å². The molecule has 33 heavy (non-hydrogen) atoms. The number of pyridine rings is 1. The van der Waals surface area contributed by atoms with E-state index in [0.29, 0.717) is 22.0 Å². The summed E-state index contributed by atoms with van der Waals surface area (Å²) in [5.41, 5.74) is 0.893. The van der Waals surface area contributed by atoms with Gasteiger partial charge >= 0.3 is 6.18 Å². The molecule has 0 aliphatic carbocycles. The normalized spacial score (nSPS) is 13.8. The highest BCUT2D eigenvalue weighted by Gasteiger charge is 2.30. The summed E-state index contributed by atoms with van der Waals surface area (Å²) >= 11 is 6.07. The SMILES string of the molecule is O=C(CN1C(=O)CC(c2cccc(Cl)c2)=Nc2cccnc21)Nc1ccc(C(F)(F)F)cc1. The minimum absolute atomic E-state index is 0.0930. The Bertz CT molecular complexity index is 1240. The molecule has 0 unspecified atom stereocenters. The molecule has 2 aromatic carbocycles. The minimum Gasteiger partial charge on any atom is -0.325 e. The van der Waals surface area contributed by atoms with Crippen molar-refractivity contribution in [2.24, 2.45) is 4.99 Å². The van der Waals surface area contributed by atoms with E-state index in [9.17, 15) is 22.8 Å². The summed E-state index contributed by atoms with van der Waals surface area (Å²) < 4.78 is 38.2. The van der Waals surface area contributed by atoms with Crippen molar-refractivity contribution < 1.29 is 22.8 Å². The smallest absolute Gasteiger partial charge is 0.325 e. The molecule has 0 spiro atoms. The number of hydrogen-bond acceptors (Lipinski definition) is 4. The van der Waals surface area contributed by atoms with Crippen LogP contribution >= 0.6 is 11.6 Å². The lowest BCUT2D eigenvalue weighted by atomic mass is 10.1. The van der Waals surface area contributed by atoms with Crippen molar-refractivity contribution in [3.63, 3.8) is 0 Å². The number of fused-ring (bicyclic) bond motifs is 1. The third-order valence-corrected chi connectivity index (χ3v) is 5.09. The number of aromatic nitrogens is 1. The molecular formula is C23H16ClF3N4O2. The van der Waals surface area contributed by atoms with Crippen molar-refractivity contribution in [3.05, 3.63) is 83.0 Å². The molecule has 0 radical (unpaired) electrons. The minimum atomic E-state index is -4.48. The highest BCUT2D eigenvalue weighted by Crippen LogP contribution is 2.32. The quantitative estimate of drug-likeness (QED) is 0.563. The Kier molecular flexibility index (Phi) is 6.15. The number of nitrogens with zero attached hydrogens (tertiary/aromatic N) is 3. The summed E-state index contributed by atoms with van der Waals surface area (Å²) in [5.74, 6) is -0.790. The molecule has 2 amide bonds. The second-order valence-corrected chi connectivity index (χ2v) is 7.63. The molecule has 0 bridgehead atoms. The summed E-state index contributed by atoms with van der Waals surface area (Å²) in [5, 5.41) is 3.00. The molecule has 1 aromatic heterocycles. The van der Waals surface area contributed by atoms with Crippen LogP contribution in [-0.2, 0) is 15.8 Å². The van der Waals surface area contributed by atoms with Crippen LogP contribution < -0.4 is 10.2 Å². The second kappa shape index (κ2) is 9.03. The monoisotopic (exact) mass is 472 g/mol. The number of carbonyl (C=O) groups excluding carboxylic acids is 2. The first kappa shape index (κ1) is 22.5. The predicted molar refractivity (Wildman–Crippen MR) is 119 cm³/mol. The van der Waals surface area contributed by atoms with Gasteiger partial charge in [0.25, 0.3) is 0 Å². The number of amides is 2. The van der Waals surface area contributed by atoms with E-state index in [0.717, 1.165) is 24.3 Å². The van der Waals surface area contributed by atoms with Crippen molar-refractivity contribution in [2.45, 2.75) is 12.6 Å². The zero-order valence-corrected chi connectivity index (χ0v) is 17.7. The summed E-state index contributed by atoms with van der Waals surface area (Å²) in [7, 11) is 0. The van der Waals surface area contributed by atoms with Gasteiger partial charge in [0.05, 0.1) is 17.7 Å². The number of halogens is 4. The van der Waals surface area contributed by atoms with Gasteiger partial charge in [-0.25, -0.2) is 9.98 Å². The Morgan fingerprint density at radius 3 is 2.55 bits per heavy atom. The van der Waals surface area contributed by atoms with Crippen molar-refractivity contribution in [1.29, 1.82) is 0 Å². The van der Waals surface area contributed by atoms with Gasteiger partial charge in [0.2, 0.25) is 11.8 Å². The third-order valence-electron chi connectivity index (χ3n) is 4.85. The molecule has 0 saturated heterocycles. The first-order valence-corrected chi connectivity index (χ1v) is 10.1. The van der Waals surface area contributed by atoms with Gasteiger partial charge < -0.3 is 5.32 Å². The number of hydrogen-bond donors (Lipinski definition) is 1. The average molecular weight is 473 g/mol. The van der Waals surface area contributed by atoms with E-state index >= 15 is 0 Å². The number of anilines is 2. The van der Waals surface area contributed by atoms with E-state index in [1.54, 1.807) is 36.4 Å². The molecule has 3 aromatic rings. The van der Waals surface area contributed by atoms with Crippen LogP contribution in [0, 0.1) is 0 Å². The molecule has 1 aliphatic rings. The molecular weight excluding hydrogens is 457 g/mol. The highest BCUT2D eigenvalue weighted by atomic mass is 35.5. The van der Waals surface area contributed by atoms with Crippen LogP contribution in [0.1, 0.15) is 17.5 Å². The Morgan fingerprint density at radius 2 is 1.85 bits per heavy atom. The fraction of sp³-hybridized carbons (Fsp3) is 0.130. The van der Waals surface area contributed by atoms with Crippen LogP contribution in [0.4, 0.5) is 30.4 Å². The van der Waals surface area contributed by atoms with Crippen LogP contribution in [0.15, 0.2) is 71.9 Å². The van der Waals surface area contributed by atoms with E-state index in [4.69, 9.17) is 11.6 Å². The van der Waals surface area contributed by atoms with E-state index < -0.39 is 23.6 Å². The van der Waals surface area contributed by atoms with Gasteiger partial charge in [-0.3, -0.25) is 14.5 Å².